The van der Waals surface area contributed by atoms with E-state index in [2.05, 4.69) is 0 Å². The number of carbonyl (C=O) groups excluding carboxylic acids is 2. The van der Waals surface area contributed by atoms with Crippen molar-refractivity contribution in [3.63, 3.8) is 0 Å². The van der Waals surface area contributed by atoms with E-state index in [1.54, 1.807) is 32.6 Å². The van der Waals surface area contributed by atoms with E-state index in [9.17, 15) is 22.8 Å². The van der Waals surface area contributed by atoms with Crippen molar-refractivity contribution in [3.05, 3.63) is 35.4 Å². The number of amides is 1. The lowest BCUT2D eigenvalue weighted by Crippen LogP contribution is -2.49. The summed E-state index contributed by atoms with van der Waals surface area (Å²) in [6.07, 6.45) is -3.88. The Morgan fingerprint density at radius 1 is 1.07 bits per heavy atom. The Hall–Kier alpha value is -2.25. The molecule has 1 fully saturated rings. The number of benzene rings is 1. The third-order valence-electron chi connectivity index (χ3n) is 4.90. The van der Waals surface area contributed by atoms with E-state index in [4.69, 9.17) is 9.47 Å². The number of hydrogen-bond acceptors (Lipinski definition) is 4. The molecule has 2 rings (SSSR count). The number of rotatable bonds is 4. The highest BCUT2D eigenvalue weighted by atomic mass is 19.4. The number of hydrogen-bond donors (Lipinski definition) is 0. The van der Waals surface area contributed by atoms with Crippen LogP contribution in [0, 0.1) is 5.41 Å². The molecular weight excluding hydrogens is 387 g/mol. The summed E-state index contributed by atoms with van der Waals surface area (Å²) in [7, 11) is 0. The van der Waals surface area contributed by atoms with Crippen molar-refractivity contribution in [2.75, 3.05) is 19.7 Å². The Bertz CT molecular complexity index is 715. The van der Waals surface area contributed by atoms with Gasteiger partial charge < -0.3 is 14.4 Å². The van der Waals surface area contributed by atoms with Crippen LogP contribution in [-0.2, 0) is 26.9 Å². The minimum atomic E-state index is -4.41. The number of ether oxygens (including phenoxy) is 2. The normalized spacial score (nSPS) is 17.0. The first-order valence-corrected chi connectivity index (χ1v) is 9.67. The minimum Gasteiger partial charge on any atom is -0.466 e. The van der Waals surface area contributed by atoms with Crippen LogP contribution in [0.5, 0.6) is 0 Å². The Balaban J connectivity index is 2.15. The molecule has 1 amide bonds. The molecule has 1 aliphatic heterocycles. The van der Waals surface area contributed by atoms with Crippen molar-refractivity contribution < 1.29 is 32.2 Å². The molecule has 8 heteroatoms. The molecule has 0 aliphatic carbocycles. The first-order chi connectivity index (χ1) is 13.4. The van der Waals surface area contributed by atoms with Crippen molar-refractivity contribution in [2.24, 2.45) is 5.41 Å². The Morgan fingerprint density at radius 2 is 1.62 bits per heavy atom. The van der Waals surface area contributed by atoms with Crippen molar-refractivity contribution >= 4 is 12.1 Å². The summed E-state index contributed by atoms with van der Waals surface area (Å²) >= 11 is 0. The fourth-order valence-corrected chi connectivity index (χ4v) is 3.38. The number of piperidine rings is 1. The van der Waals surface area contributed by atoms with Gasteiger partial charge in [0.1, 0.15) is 5.60 Å². The van der Waals surface area contributed by atoms with Crippen molar-refractivity contribution in [2.45, 2.75) is 58.7 Å². The molecule has 5 nitrogen and oxygen atoms in total. The van der Waals surface area contributed by atoms with Gasteiger partial charge in [0.15, 0.2) is 0 Å². The second-order valence-electron chi connectivity index (χ2n) is 8.34. The quantitative estimate of drug-likeness (QED) is 0.661. The lowest BCUT2D eigenvalue weighted by molar-refractivity contribution is -0.158. The molecule has 1 heterocycles. The van der Waals surface area contributed by atoms with Crippen molar-refractivity contribution in [1.29, 1.82) is 0 Å². The average Bonchev–Trinajstić information content (AvgIpc) is 2.60. The van der Waals surface area contributed by atoms with Gasteiger partial charge in [-0.3, -0.25) is 4.79 Å². The zero-order valence-electron chi connectivity index (χ0n) is 17.3. The number of esters is 1. The van der Waals surface area contributed by atoms with Gasteiger partial charge in [-0.05, 0) is 64.7 Å². The predicted molar refractivity (Wildman–Crippen MR) is 101 cm³/mol. The molecular formula is C21H28F3NO4. The van der Waals surface area contributed by atoms with Gasteiger partial charge >= 0.3 is 18.2 Å². The molecule has 0 atom stereocenters. The fourth-order valence-electron chi connectivity index (χ4n) is 3.38. The molecule has 0 unspecified atom stereocenters. The molecule has 0 aromatic heterocycles. The first kappa shape index (κ1) is 23.0. The summed E-state index contributed by atoms with van der Waals surface area (Å²) in [6.45, 7) is 7.89. The van der Waals surface area contributed by atoms with Gasteiger partial charge in [0.2, 0.25) is 0 Å². The fraction of sp³-hybridized carbons (Fsp3) is 0.619. The van der Waals surface area contributed by atoms with E-state index in [1.165, 1.54) is 12.1 Å². The summed E-state index contributed by atoms with van der Waals surface area (Å²) in [5, 5.41) is 0. The second kappa shape index (κ2) is 8.63. The minimum absolute atomic E-state index is 0.212. The van der Waals surface area contributed by atoms with Crippen molar-refractivity contribution in [3.8, 4) is 0 Å². The lowest BCUT2D eigenvalue weighted by Gasteiger charge is -2.40. The van der Waals surface area contributed by atoms with Crippen LogP contribution in [-0.4, -0.2) is 42.3 Å². The summed E-state index contributed by atoms with van der Waals surface area (Å²) < 4.78 is 49.0. The van der Waals surface area contributed by atoms with E-state index >= 15 is 0 Å². The third kappa shape index (κ3) is 6.11. The first-order valence-electron chi connectivity index (χ1n) is 9.67. The molecule has 0 bridgehead atoms. The van der Waals surface area contributed by atoms with Crippen LogP contribution < -0.4 is 0 Å². The monoisotopic (exact) mass is 415 g/mol. The summed E-state index contributed by atoms with van der Waals surface area (Å²) in [5.74, 6) is -0.385. The Labute approximate surface area is 169 Å². The molecule has 1 saturated heterocycles. The van der Waals surface area contributed by atoms with Crippen molar-refractivity contribution in [1.82, 2.24) is 4.90 Å². The highest BCUT2D eigenvalue weighted by molar-refractivity contribution is 5.78. The maximum Gasteiger partial charge on any atom is 0.416 e. The highest BCUT2D eigenvalue weighted by Gasteiger charge is 2.44. The Morgan fingerprint density at radius 3 is 2.07 bits per heavy atom. The number of halogens is 3. The molecule has 162 valence electrons. The van der Waals surface area contributed by atoms with Crippen LogP contribution >= 0.6 is 0 Å². The van der Waals surface area contributed by atoms with Gasteiger partial charge in [-0.2, -0.15) is 13.2 Å². The Kier molecular flexibility index (Phi) is 6.86. The van der Waals surface area contributed by atoms with Gasteiger partial charge in [0.05, 0.1) is 17.6 Å². The van der Waals surface area contributed by atoms with E-state index in [0.29, 0.717) is 31.5 Å². The lowest BCUT2D eigenvalue weighted by atomic mass is 9.73. The summed E-state index contributed by atoms with van der Waals surface area (Å²) in [5.41, 5.74) is -1.61. The third-order valence-corrected chi connectivity index (χ3v) is 4.90. The number of nitrogens with zero attached hydrogens (tertiary/aromatic N) is 1. The van der Waals surface area contributed by atoms with Gasteiger partial charge in [-0.25, -0.2) is 4.79 Å². The van der Waals surface area contributed by atoms with Gasteiger partial charge in [-0.1, -0.05) is 12.1 Å². The van der Waals surface area contributed by atoms with Crippen LogP contribution in [0.4, 0.5) is 18.0 Å². The predicted octanol–water partition coefficient (Wildman–Crippen LogP) is 4.83. The molecule has 0 N–H and O–H groups in total. The zero-order chi connectivity index (χ0) is 21.9. The van der Waals surface area contributed by atoms with Crippen LogP contribution in [0.15, 0.2) is 24.3 Å². The van der Waals surface area contributed by atoms with E-state index < -0.39 is 28.8 Å². The number of likely N-dealkylation sites (tertiary alicyclic amines) is 1. The van der Waals surface area contributed by atoms with Crippen LogP contribution in [0.3, 0.4) is 0 Å². The van der Waals surface area contributed by atoms with Crippen LogP contribution in [0.2, 0.25) is 0 Å². The standard InChI is InChI=1S/C21H28F3NO4/c1-5-28-17(26)20(14-15-6-8-16(9-7-15)21(22,23)24)10-12-25(13-11-20)18(27)29-19(2,3)4/h6-9H,5,10-14H2,1-4H3. The molecule has 1 aliphatic rings. The topological polar surface area (TPSA) is 55.8 Å². The second-order valence-corrected chi connectivity index (χ2v) is 8.34. The van der Waals surface area contributed by atoms with Gasteiger partial charge in [0, 0.05) is 13.1 Å². The number of carbonyl (C=O) groups is 2. The SMILES string of the molecule is CCOC(=O)C1(Cc2ccc(C(F)(F)F)cc2)CCN(C(=O)OC(C)(C)C)CC1. The highest BCUT2D eigenvalue weighted by Crippen LogP contribution is 2.38. The van der Waals surface area contributed by atoms with E-state index in [1.807, 2.05) is 0 Å². The van der Waals surface area contributed by atoms with Gasteiger partial charge in [0.25, 0.3) is 0 Å². The van der Waals surface area contributed by atoms with Crippen LogP contribution in [0.1, 0.15) is 51.7 Å². The molecule has 1 aromatic carbocycles. The van der Waals surface area contributed by atoms with E-state index in [0.717, 1.165) is 12.1 Å². The molecule has 29 heavy (non-hydrogen) atoms. The average molecular weight is 415 g/mol. The molecule has 0 radical (unpaired) electrons. The molecule has 0 saturated carbocycles. The smallest absolute Gasteiger partial charge is 0.416 e. The van der Waals surface area contributed by atoms with E-state index in [-0.39, 0.29) is 19.0 Å². The maximum absolute atomic E-state index is 12.8. The largest absolute Gasteiger partial charge is 0.466 e. The molecule has 1 aromatic rings. The summed E-state index contributed by atoms with van der Waals surface area (Å²) in [6, 6.07) is 4.82. The van der Waals surface area contributed by atoms with Gasteiger partial charge in [-0.15, -0.1) is 0 Å². The molecule has 0 spiro atoms. The number of alkyl halides is 3. The zero-order valence-corrected chi connectivity index (χ0v) is 17.3. The van der Waals surface area contributed by atoms with Crippen LogP contribution in [0.25, 0.3) is 0 Å². The summed E-state index contributed by atoms with van der Waals surface area (Å²) in [4.78, 5) is 26.6. The maximum atomic E-state index is 12.8.